The molecule has 0 aliphatic rings. The Morgan fingerprint density at radius 2 is 2.25 bits per heavy atom. The molecule has 0 aromatic heterocycles. The van der Waals surface area contributed by atoms with Crippen molar-refractivity contribution in [1.82, 2.24) is 0 Å². The van der Waals surface area contributed by atoms with Crippen molar-refractivity contribution in [1.29, 1.82) is 0 Å². The highest BCUT2D eigenvalue weighted by atomic mass is 79.9. The molecule has 0 saturated heterocycles. The van der Waals surface area contributed by atoms with Crippen molar-refractivity contribution in [2.45, 2.75) is 6.42 Å². The van der Waals surface area contributed by atoms with E-state index < -0.39 is 0 Å². The topological polar surface area (TPSA) is 20.2 Å². The Balaban J connectivity index is 2.99. The maximum Gasteiger partial charge on any atom is 0.118 e. The highest BCUT2D eigenvalue weighted by molar-refractivity contribution is 9.09. The van der Waals surface area contributed by atoms with Crippen molar-refractivity contribution in [3.05, 3.63) is 35.9 Å². The van der Waals surface area contributed by atoms with E-state index in [4.69, 9.17) is 0 Å². The van der Waals surface area contributed by atoms with Crippen LogP contribution in [0.25, 0.3) is 6.08 Å². The lowest BCUT2D eigenvalue weighted by Crippen LogP contribution is -1.87. The lowest BCUT2D eigenvalue weighted by atomic mass is 10.1. The van der Waals surface area contributed by atoms with Crippen LogP contribution in [0.5, 0.6) is 5.75 Å². The van der Waals surface area contributed by atoms with E-state index in [9.17, 15) is 5.11 Å². The molecule has 0 amide bonds. The fraction of sp³-hybridized carbons (Fsp3) is 0.200. The Morgan fingerprint density at radius 3 is 2.83 bits per heavy atom. The number of hydrogen-bond donors (Lipinski definition) is 1. The third kappa shape index (κ3) is 2.11. The van der Waals surface area contributed by atoms with Crippen LogP contribution in [0.1, 0.15) is 11.1 Å². The third-order valence-corrected chi connectivity index (χ3v) is 2.10. The summed E-state index contributed by atoms with van der Waals surface area (Å²) >= 11 is 3.33. The first kappa shape index (κ1) is 9.33. The number of hydrogen-bond acceptors (Lipinski definition) is 1. The fourth-order valence-electron chi connectivity index (χ4n) is 1.03. The number of benzene rings is 1. The first-order valence-electron chi connectivity index (χ1n) is 3.78. The lowest BCUT2D eigenvalue weighted by molar-refractivity contribution is 0.469. The van der Waals surface area contributed by atoms with Crippen molar-refractivity contribution < 1.29 is 5.11 Å². The van der Waals surface area contributed by atoms with Gasteiger partial charge in [-0.15, -0.1) is 0 Å². The summed E-state index contributed by atoms with van der Waals surface area (Å²) in [5.74, 6) is 0.361. The lowest BCUT2D eigenvalue weighted by Gasteiger charge is -2.02. The van der Waals surface area contributed by atoms with Crippen LogP contribution in [0, 0.1) is 0 Å². The summed E-state index contributed by atoms with van der Waals surface area (Å²) < 4.78 is 0. The summed E-state index contributed by atoms with van der Waals surface area (Å²) in [4.78, 5) is 0. The van der Waals surface area contributed by atoms with Crippen LogP contribution >= 0.6 is 15.9 Å². The summed E-state index contributed by atoms with van der Waals surface area (Å²) in [6.45, 7) is 3.67. The van der Waals surface area contributed by atoms with Gasteiger partial charge in [-0.25, -0.2) is 0 Å². The third-order valence-electron chi connectivity index (χ3n) is 1.70. The fourth-order valence-corrected chi connectivity index (χ4v) is 1.46. The number of phenolic OH excluding ortho intramolecular Hbond substituents is 1. The number of halogens is 1. The molecule has 2 heteroatoms. The largest absolute Gasteiger partial charge is 0.508 e. The van der Waals surface area contributed by atoms with Crippen molar-refractivity contribution >= 4 is 22.0 Å². The van der Waals surface area contributed by atoms with Gasteiger partial charge in [0.2, 0.25) is 0 Å². The highest BCUT2D eigenvalue weighted by Gasteiger charge is 1.99. The smallest absolute Gasteiger partial charge is 0.118 e. The second kappa shape index (κ2) is 4.31. The van der Waals surface area contributed by atoms with Gasteiger partial charge < -0.3 is 5.11 Å². The molecule has 0 heterocycles. The van der Waals surface area contributed by atoms with E-state index >= 15 is 0 Å². The Labute approximate surface area is 80.9 Å². The van der Waals surface area contributed by atoms with E-state index in [-0.39, 0.29) is 0 Å². The van der Waals surface area contributed by atoms with Gasteiger partial charge in [0.05, 0.1) is 0 Å². The molecule has 0 aliphatic heterocycles. The summed E-state index contributed by atoms with van der Waals surface area (Å²) in [5.41, 5.74) is 2.01. The minimum atomic E-state index is 0.361. The van der Waals surface area contributed by atoms with Crippen LogP contribution in [0.15, 0.2) is 24.8 Å². The normalized spacial score (nSPS) is 9.75. The van der Waals surface area contributed by atoms with Crippen LogP contribution in [0.4, 0.5) is 0 Å². The number of alkyl halides is 1. The molecule has 0 unspecified atom stereocenters. The van der Waals surface area contributed by atoms with E-state index in [0.717, 1.165) is 22.9 Å². The van der Waals surface area contributed by atoms with E-state index in [1.54, 1.807) is 12.1 Å². The first-order valence-corrected chi connectivity index (χ1v) is 4.90. The number of rotatable bonds is 3. The van der Waals surface area contributed by atoms with Gasteiger partial charge in [0.1, 0.15) is 5.75 Å². The predicted molar refractivity (Wildman–Crippen MR) is 55.7 cm³/mol. The average Bonchev–Trinajstić information content (AvgIpc) is 2.09. The van der Waals surface area contributed by atoms with Gasteiger partial charge in [-0.3, -0.25) is 0 Å². The van der Waals surface area contributed by atoms with Gasteiger partial charge in [-0.05, 0) is 29.7 Å². The molecule has 1 aromatic rings. The highest BCUT2D eigenvalue weighted by Crippen LogP contribution is 2.19. The second-order valence-corrected chi connectivity index (χ2v) is 3.32. The van der Waals surface area contributed by atoms with Crippen molar-refractivity contribution in [3.8, 4) is 5.75 Å². The standard InChI is InChI=1S/C10H11BrO/c1-2-8-3-4-10(12)9(7-8)5-6-11/h2-4,7,12H,1,5-6H2. The molecular weight excluding hydrogens is 216 g/mol. The maximum atomic E-state index is 9.41. The molecule has 0 bridgehead atoms. The van der Waals surface area contributed by atoms with Gasteiger partial charge in [0, 0.05) is 5.33 Å². The predicted octanol–water partition coefficient (Wildman–Crippen LogP) is 2.97. The second-order valence-electron chi connectivity index (χ2n) is 2.53. The van der Waals surface area contributed by atoms with Crippen LogP contribution < -0.4 is 0 Å². The number of aromatic hydroxyl groups is 1. The molecule has 1 nitrogen and oxygen atoms in total. The van der Waals surface area contributed by atoms with Gasteiger partial charge in [-0.1, -0.05) is 34.7 Å². The molecule has 1 aromatic carbocycles. The molecule has 0 fully saturated rings. The first-order chi connectivity index (χ1) is 5.77. The molecule has 0 atom stereocenters. The zero-order valence-electron chi connectivity index (χ0n) is 6.76. The van der Waals surface area contributed by atoms with Gasteiger partial charge >= 0.3 is 0 Å². The van der Waals surface area contributed by atoms with Crippen molar-refractivity contribution in [2.75, 3.05) is 5.33 Å². The van der Waals surface area contributed by atoms with E-state index in [0.29, 0.717) is 5.75 Å². The Kier molecular flexibility index (Phi) is 3.35. The van der Waals surface area contributed by atoms with Gasteiger partial charge in [-0.2, -0.15) is 0 Å². The summed E-state index contributed by atoms with van der Waals surface area (Å²) in [6, 6.07) is 5.50. The minimum absolute atomic E-state index is 0.361. The molecule has 1 rings (SSSR count). The Bertz CT molecular complexity index is 281. The number of phenols is 1. The maximum absolute atomic E-state index is 9.41. The monoisotopic (exact) mass is 226 g/mol. The van der Waals surface area contributed by atoms with E-state index in [1.807, 2.05) is 12.1 Å². The van der Waals surface area contributed by atoms with Gasteiger partial charge in [0.15, 0.2) is 0 Å². The summed E-state index contributed by atoms with van der Waals surface area (Å²) in [5, 5.41) is 10.3. The SMILES string of the molecule is C=Cc1ccc(O)c(CCBr)c1. The average molecular weight is 227 g/mol. The summed E-state index contributed by atoms with van der Waals surface area (Å²) in [6.07, 6.45) is 2.62. The molecule has 1 N–H and O–H groups in total. The zero-order valence-corrected chi connectivity index (χ0v) is 8.34. The summed E-state index contributed by atoms with van der Waals surface area (Å²) in [7, 11) is 0. The van der Waals surface area contributed by atoms with Crippen LogP contribution in [-0.2, 0) is 6.42 Å². The van der Waals surface area contributed by atoms with Crippen LogP contribution in [-0.4, -0.2) is 10.4 Å². The Morgan fingerprint density at radius 1 is 1.50 bits per heavy atom. The van der Waals surface area contributed by atoms with Crippen LogP contribution in [0.2, 0.25) is 0 Å². The molecule has 64 valence electrons. The molecule has 0 aliphatic carbocycles. The molecule has 0 spiro atoms. The van der Waals surface area contributed by atoms with Crippen molar-refractivity contribution in [2.24, 2.45) is 0 Å². The quantitative estimate of drug-likeness (QED) is 0.787. The van der Waals surface area contributed by atoms with E-state index in [2.05, 4.69) is 22.5 Å². The molecular formula is C10H11BrO. The zero-order chi connectivity index (χ0) is 8.97. The Hall–Kier alpha value is -0.760. The molecule has 0 saturated carbocycles. The number of aryl methyl sites for hydroxylation is 1. The minimum Gasteiger partial charge on any atom is -0.508 e. The van der Waals surface area contributed by atoms with Gasteiger partial charge in [0.25, 0.3) is 0 Å². The van der Waals surface area contributed by atoms with E-state index in [1.165, 1.54) is 0 Å². The van der Waals surface area contributed by atoms with Crippen LogP contribution in [0.3, 0.4) is 0 Å². The van der Waals surface area contributed by atoms with Crippen molar-refractivity contribution in [3.63, 3.8) is 0 Å². The molecule has 0 radical (unpaired) electrons. The molecule has 12 heavy (non-hydrogen) atoms.